The molecule has 1 rings (SSSR count). The fourth-order valence-electron chi connectivity index (χ4n) is 4.65. The highest BCUT2D eigenvalue weighted by atomic mass is 16.6. The smallest absolute Gasteiger partial charge is 0.339 e. The van der Waals surface area contributed by atoms with Crippen molar-refractivity contribution in [2.24, 2.45) is 21.7 Å². The zero-order valence-corrected chi connectivity index (χ0v) is 22.0. The zero-order valence-electron chi connectivity index (χ0n) is 22.0. The summed E-state index contributed by atoms with van der Waals surface area (Å²) in [6.45, 7) is 26.5. The number of rotatable bonds is 4. The zero-order chi connectivity index (χ0) is 24.6. The fraction of sp³-hybridized carbons (Fsp3) is 0.704. The molecule has 0 heterocycles. The molecule has 0 unspecified atom stereocenters. The van der Waals surface area contributed by atoms with Crippen LogP contribution in [0.4, 0.5) is 0 Å². The second-order valence-corrected chi connectivity index (χ2v) is 13.1. The lowest BCUT2D eigenvalue weighted by atomic mass is 9.74. The van der Waals surface area contributed by atoms with Gasteiger partial charge in [-0.3, -0.25) is 0 Å². The van der Waals surface area contributed by atoms with Gasteiger partial charge >= 0.3 is 11.9 Å². The maximum absolute atomic E-state index is 13.3. The molecule has 0 atom stereocenters. The van der Waals surface area contributed by atoms with E-state index in [1.807, 2.05) is 13.0 Å². The second-order valence-electron chi connectivity index (χ2n) is 13.1. The summed E-state index contributed by atoms with van der Waals surface area (Å²) in [5.74, 6) is -0.988. The molecule has 0 bridgehead atoms. The van der Waals surface area contributed by atoms with Gasteiger partial charge in [0.05, 0.1) is 11.1 Å². The van der Waals surface area contributed by atoms with Crippen LogP contribution in [0, 0.1) is 28.6 Å². The van der Waals surface area contributed by atoms with Gasteiger partial charge in [0.15, 0.2) is 0 Å². The highest BCUT2D eigenvalue weighted by molar-refractivity contribution is 6.03. The summed E-state index contributed by atoms with van der Waals surface area (Å²) in [6, 6.07) is 5.20. The van der Waals surface area contributed by atoms with Crippen molar-refractivity contribution in [3.63, 3.8) is 0 Å². The molecule has 0 aliphatic heterocycles. The molecule has 0 aromatic heterocycles. The van der Waals surface area contributed by atoms with Crippen LogP contribution in [0.5, 0.6) is 0 Å². The predicted molar refractivity (Wildman–Crippen MR) is 127 cm³/mol. The van der Waals surface area contributed by atoms with Gasteiger partial charge in [-0.1, -0.05) is 94.7 Å². The summed E-state index contributed by atoms with van der Waals surface area (Å²) in [6.07, 6.45) is -0.650. The van der Waals surface area contributed by atoms with Crippen molar-refractivity contribution < 1.29 is 19.1 Å². The van der Waals surface area contributed by atoms with Crippen molar-refractivity contribution in [1.29, 1.82) is 0 Å². The summed E-state index contributed by atoms with van der Waals surface area (Å²) >= 11 is 0. The number of aryl methyl sites for hydroxylation is 1. The normalized spacial score (nSPS) is 13.5. The van der Waals surface area contributed by atoms with Gasteiger partial charge in [0.2, 0.25) is 0 Å². The maximum atomic E-state index is 13.3. The summed E-state index contributed by atoms with van der Waals surface area (Å²) < 4.78 is 12.0. The molecule has 0 radical (unpaired) electrons. The van der Waals surface area contributed by atoms with Crippen molar-refractivity contribution in [3.8, 4) is 0 Å². The van der Waals surface area contributed by atoms with Crippen LogP contribution in [0.25, 0.3) is 0 Å². The Hall–Kier alpha value is -1.84. The minimum absolute atomic E-state index is 0.246. The summed E-state index contributed by atoms with van der Waals surface area (Å²) in [5.41, 5.74) is 0.394. The van der Waals surface area contributed by atoms with Crippen molar-refractivity contribution in [3.05, 3.63) is 34.9 Å². The van der Waals surface area contributed by atoms with E-state index in [2.05, 4.69) is 83.1 Å². The van der Waals surface area contributed by atoms with Gasteiger partial charge < -0.3 is 9.47 Å². The first-order chi connectivity index (χ1) is 13.7. The van der Waals surface area contributed by atoms with E-state index in [0.717, 1.165) is 5.56 Å². The molecule has 0 fully saturated rings. The molecule has 1 aromatic rings. The first kappa shape index (κ1) is 27.2. The minimum atomic E-state index is -0.495. The SMILES string of the molecule is Cc1ccc(C(=O)OC(C(C)(C)C)C(C)(C)C)c(C(=O)OC(C(C)(C)C)C(C)(C)C)c1. The first-order valence-corrected chi connectivity index (χ1v) is 11.2. The number of carbonyl (C=O) groups excluding carboxylic acids is 2. The summed E-state index contributed by atoms with van der Waals surface area (Å²) in [7, 11) is 0. The van der Waals surface area contributed by atoms with Crippen molar-refractivity contribution in [2.75, 3.05) is 0 Å². The van der Waals surface area contributed by atoms with Crippen LogP contribution in [0.1, 0.15) is 109 Å². The number of benzene rings is 1. The predicted octanol–water partition coefficient (Wildman–Crippen LogP) is 7.23. The van der Waals surface area contributed by atoms with E-state index in [0.29, 0.717) is 0 Å². The minimum Gasteiger partial charge on any atom is -0.458 e. The third kappa shape index (κ3) is 7.36. The number of carbonyl (C=O) groups is 2. The number of esters is 2. The van der Waals surface area contributed by atoms with Gasteiger partial charge in [0, 0.05) is 0 Å². The quantitative estimate of drug-likeness (QED) is 0.471. The topological polar surface area (TPSA) is 52.6 Å². The van der Waals surface area contributed by atoms with E-state index in [1.165, 1.54) is 0 Å². The van der Waals surface area contributed by atoms with E-state index >= 15 is 0 Å². The molecule has 0 aliphatic carbocycles. The molecule has 4 nitrogen and oxygen atoms in total. The van der Waals surface area contributed by atoms with E-state index in [-0.39, 0.29) is 45.0 Å². The third-order valence-corrected chi connectivity index (χ3v) is 5.21. The standard InChI is InChI=1S/C27H44O4/c1-17-14-15-18(20(28)30-22(24(2,3)4)25(5,6)7)19(16-17)21(29)31-23(26(8,9)10)27(11,12)13/h14-16,22-23H,1-13H3. The highest BCUT2D eigenvalue weighted by Gasteiger charge is 2.41. The van der Waals surface area contributed by atoms with E-state index < -0.39 is 11.9 Å². The third-order valence-electron chi connectivity index (χ3n) is 5.21. The molecule has 0 saturated carbocycles. The van der Waals surface area contributed by atoms with Crippen molar-refractivity contribution in [2.45, 2.75) is 102 Å². The van der Waals surface area contributed by atoms with Crippen molar-refractivity contribution in [1.82, 2.24) is 0 Å². The number of hydrogen-bond acceptors (Lipinski definition) is 4. The Bertz CT molecular complexity index is 764. The van der Waals surface area contributed by atoms with Crippen LogP contribution in [-0.4, -0.2) is 24.1 Å². The number of hydrogen-bond donors (Lipinski definition) is 0. The van der Waals surface area contributed by atoms with Gasteiger partial charge in [-0.15, -0.1) is 0 Å². The van der Waals surface area contributed by atoms with Crippen LogP contribution in [-0.2, 0) is 9.47 Å². The van der Waals surface area contributed by atoms with E-state index in [9.17, 15) is 9.59 Å². The Balaban J connectivity index is 3.37. The lowest BCUT2D eigenvalue weighted by Crippen LogP contribution is -2.43. The van der Waals surface area contributed by atoms with Gasteiger partial charge in [0.25, 0.3) is 0 Å². The number of ether oxygens (including phenoxy) is 2. The summed E-state index contributed by atoms with van der Waals surface area (Å²) in [5, 5.41) is 0. The summed E-state index contributed by atoms with van der Waals surface area (Å²) in [4.78, 5) is 26.5. The van der Waals surface area contributed by atoms with Crippen LogP contribution >= 0.6 is 0 Å². The van der Waals surface area contributed by atoms with Crippen molar-refractivity contribution >= 4 is 11.9 Å². The van der Waals surface area contributed by atoms with Gasteiger partial charge in [-0.05, 0) is 40.7 Å². The fourth-order valence-corrected chi connectivity index (χ4v) is 4.65. The molecular formula is C27H44O4. The highest BCUT2D eigenvalue weighted by Crippen LogP contribution is 2.38. The Kier molecular flexibility index (Phi) is 7.86. The largest absolute Gasteiger partial charge is 0.458 e. The molecule has 31 heavy (non-hydrogen) atoms. The monoisotopic (exact) mass is 432 g/mol. The maximum Gasteiger partial charge on any atom is 0.339 e. The Morgan fingerprint density at radius 1 is 0.613 bits per heavy atom. The van der Waals surface area contributed by atoms with E-state index in [1.54, 1.807) is 12.1 Å². The van der Waals surface area contributed by atoms with Gasteiger partial charge in [0.1, 0.15) is 12.2 Å². The van der Waals surface area contributed by atoms with Crippen LogP contribution in [0.3, 0.4) is 0 Å². The molecule has 176 valence electrons. The first-order valence-electron chi connectivity index (χ1n) is 11.2. The molecule has 0 saturated heterocycles. The molecule has 0 N–H and O–H groups in total. The molecule has 4 heteroatoms. The van der Waals surface area contributed by atoms with Crippen LogP contribution in [0.15, 0.2) is 18.2 Å². The Labute approximate surface area is 190 Å². The molecule has 0 amide bonds. The average molecular weight is 433 g/mol. The lowest BCUT2D eigenvalue weighted by molar-refractivity contribution is -0.0542. The van der Waals surface area contributed by atoms with Crippen LogP contribution < -0.4 is 0 Å². The van der Waals surface area contributed by atoms with Crippen LogP contribution in [0.2, 0.25) is 0 Å². The van der Waals surface area contributed by atoms with Gasteiger partial charge in [-0.25, -0.2) is 9.59 Å². The molecule has 0 aliphatic rings. The lowest BCUT2D eigenvalue weighted by Gasteiger charge is -2.40. The molecule has 0 spiro atoms. The molecule has 1 aromatic carbocycles. The Morgan fingerprint density at radius 3 is 1.26 bits per heavy atom. The van der Waals surface area contributed by atoms with Gasteiger partial charge in [-0.2, -0.15) is 0 Å². The average Bonchev–Trinajstić information content (AvgIpc) is 2.52. The molecular weight excluding hydrogens is 388 g/mol. The van der Waals surface area contributed by atoms with E-state index in [4.69, 9.17) is 9.47 Å². The second kappa shape index (κ2) is 8.96. The Morgan fingerprint density at radius 2 is 0.935 bits per heavy atom.